The van der Waals surface area contributed by atoms with Gasteiger partial charge in [-0.1, -0.05) is 13.8 Å². The number of carbonyl (C=O) groups is 1. The first-order valence-corrected chi connectivity index (χ1v) is 8.95. The number of phenols is 1. The second kappa shape index (κ2) is 5.73. The van der Waals surface area contributed by atoms with Gasteiger partial charge in [0.1, 0.15) is 18.0 Å². The van der Waals surface area contributed by atoms with Crippen molar-refractivity contribution in [3.63, 3.8) is 0 Å². The molecule has 2 aromatic rings. The molecular weight excluding hydrogens is 351 g/mol. The van der Waals surface area contributed by atoms with Crippen LogP contribution in [-0.2, 0) is 22.1 Å². The van der Waals surface area contributed by atoms with Crippen molar-refractivity contribution < 1.29 is 22.7 Å². The molecule has 0 unspecified atom stereocenters. The van der Waals surface area contributed by atoms with E-state index in [1.54, 1.807) is 22.5 Å². The van der Waals surface area contributed by atoms with Crippen molar-refractivity contribution in [3.05, 3.63) is 29.7 Å². The van der Waals surface area contributed by atoms with Crippen molar-refractivity contribution in [1.29, 1.82) is 0 Å². The smallest absolute Gasteiger partial charge is 0.326 e. The molecule has 0 radical (unpaired) electrons. The van der Waals surface area contributed by atoms with Crippen LogP contribution < -0.4 is 9.03 Å². The highest BCUT2D eigenvalue weighted by atomic mass is 32.2. The number of aromatic hydroxyl groups is 1. The number of rotatable bonds is 3. The first-order valence-electron chi connectivity index (χ1n) is 7.51. The van der Waals surface area contributed by atoms with E-state index in [1.807, 2.05) is 13.8 Å². The first-order chi connectivity index (χ1) is 11.6. The van der Waals surface area contributed by atoms with E-state index in [1.165, 1.54) is 12.1 Å². The van der Waals surface area contributed by atoms with Gasteiger partial charge in [-0.3, -0.25) is 9.48 Å². The van der Waals surface area contributed by atoms with Gasteiger partial charge in [0.05, 0.1) is 5.69 Å². The summed E-state index contributed by atoms with van der Waals surface area (Å²) in [6.45, 7) is 3.33. The summed E-state index contributed by atoms with van der Waals surface area (Å²) < 4.78 is 42.8. The van der Waals surface area contributed by atoms with Crippen LogP contribution in [0.1, 0.15) is 25.5 Å². The Morgan fingerprint density at radius 2 is 2.04 bits per heavy atom. The molecule has 1 aromatic carbocycles. The third-order valence-corrected chi connectivity index (χ3v) is 5.33. The lowest BCUT2D eigenvalue weighted by Gasteiger charge is -2.18. The third-order valence-electron chi connectivity index (χ3n) is 3.95. The van der Waals surface area contributed by atoms with Crippen molar-refractivity contribution in [2.24, 2.45) is 7.05 Å². The highest BCUT2D eigenvalue weighted by Gasteiger charge is 2.38. The fourth-order valence-corrected chi connectivity index (χ4v) is 3.95. The Balaban J connectivity index is 2.16. The molecule has 2 N–H and O–H groups in total. The van der Waals surface area contributed by atoms with E-state index in [9.17, 15) is 18.3 Å². The van der Waals surface area contributed by atoms with Crippen molar-refractivity contribution in [2.45, 2.75) is 19.8 Å². The molecule has 3 rings (SSSR count). The van der Waals surface area contributed by atoms with Gasteiger partial charge in [0, 0.05) is 18.3 Å². The van der Waals surface area contributed by atoms with Gasteiger partial charge in [0.15, 0.2) is 5.82 Å². The van der Waals surface area contributed by atoms with Gasteiger partial charge in [-0.15, -0.1) is 0 Å². The molecule has 25 heavy (non-hydrogen) atoms. The number of nitrogens with zero attached hydrogens (tertiary/aromatic N) is 3. The lowest BCUT2D eigenvalue weighted by atomic mass is 10.1. The highest BCUT2D eigenvalue weighted by molar-refractivity contribution is 7.92. The van der Waals surface area contributed by atoms with Crippen LogP contribution in [0.2, 0.25) is 0 Å². The average Bonchev–Trinajstić information content (AvgIpc) is 2.99. The number of aryl methyl sites for hydroxylation is 1. The summed E-state index contributed by atoms with van der Waals surface area (Å²) in [6.07, 6.45) is 0. The van der Waals surface area contributed by atoms with Gasteiger partial charge >= 0.3 is 10.2 Å². The summed E-state index contributed by atoms with van der Waals surface area (Å²) in [7, 11) is -2.51. The number of aromatic nitrogens is 2. The molecule has 0 saturated carbocycles. The summed E-state index contributed by atoms with van der Waals surface area (Å²) in [5, 5.41) is 14.2. The zero-order valence-electron chi connectivity index (χ0n) is 13.8. The normalized spacial score (nSPS) is 16.5. The Bertz CT molecular complexity index is 968. The molecule has 1 aliphatic heterocycles. The number of amides is 1. The van der Waals surface area contributed by atoms with Crippen molar-refractivity contribution in [2.75, 3.05) is 10.8 Å². The van der Waals surface area contributed by atoms with Gasteiger partial charge in [-0.05, 0) is 24.1 Å². The number of anilines is 1. The molecular formula is C15H17FN4O4S. The summed E-state index contributed by atoms with van der Waals surface area (Å²) in [5.41, 5.74) is 0.632. The number of halogens is 1. The maximum atomic E-state index is 15.0. The van der Waals surface area contributed by atoms with Crippen LogP contribution >= 0.6 is 0 Å². The van der Waals surface area contributed by atoms with Crippen LogP contribution in [0.3, 0.4) is 0 Å². The summed E-state index contributed by atoms with van der Waals surface area (Å²) in [4.78, 5) is 11.4. The summed E-state index contributed by atoms with van der Waals surface area (Å²) in [5.74, 6) is -2.19. The molecule has 8 nitrogen and oxygen atoms in total. The van der Waals surface area contributed by atoms with E-state index in [0.717, 1.165) is 5.69 Å². The Morgan fingerprint density at radius 1 is 1.36 bits per heavy atom. The molecule has 0 spiro atoms. The molecule has 1 saturated heterocycles. The van der Waals surface area contributed by atoms with Crippen molar-refractivity contribution in [3.8, 4) is 17.0 Å². The maximum absolute atomic E-state index is 15.0. The lowest BCUT2D eigenvalue weighted by Crippen LogP contribution is -2.30. The number of hydrogen-bond acceptors (Lipinski definition) is 5. The van der Waals surface area contributed by atoms with Crippen LogP contribution in [0.15, 0.2) is 18.2 Å². The van der Waals surface area contributed by atoms with E-state index in [2.05, 4.69) is 5.10 Å². The van der Waals surface area contributed by atoms with E-state index < -0.39 is 39.9 Å². The van der Waals surface area contributed by atoms with Crippen molar-refractivity contribution >= 4 is 21.8 Å². The van der Waals surface area contributed by atoms with Gasteiger partial charge in [-0.25, -0.2) is 13.4 Å². The predicted octanol–water partition coefficient (Wildman–Crippen LogP) is 1.24. The zero-order valence-corrected chi connectivity index (χ0v) is 14.6. The molecule has 1 amide bonds. The van der Waals surface area contributed by atoms with Gasteiger partial charge < -0.3 is 5.11 Å². The minimum Gasteiger partial charge on any atom is -0.506 e. The Hall–Kier alpha value is -2.62. The molecule has 2 heterocycles. The van der Waals surface area contributed by atoms with Crippen LogP contribution in [0.4, 0.5) is 10.1 Å². The number of hydrogen-bond donors (Lipinski definition) is 2. The largest absolute Gasteiger partial charge is 0.506 e. The van der Waals surface area contributed by atoms with E-state index in [-0.39, 0.29) is 11.5 Å². The monoisotopic (exact) mass is 368 g/mol. The van der Waals surface area contributed by atoms with Gasteiger partial charge in [-0.2, -0.15) is 13.5 Å². The minimum atomic E-state index is -4.24. The summed E-state index contributed by atoms with van der Waals surface area (Å²) >= 11 is 0. The Labute approximate surface area is 144 Å². The highest BCUT2D eigenvalue weighted by Crippen LogP contribution is 2.38. The second-order valence-corrected chi connectivity index (χ2v) is 7.66. The molecule has 1 aliphatic rings. The SMILES string of the molecule is CC(C)c1cc(-c2ccc(O)c(N3CC(=O)NS3(=O)=O)c2F)nn1C. The van der Waals surface area contributed by atoms with Gasteiger partial charge in [0.2, 0.25) is 0 Å². The van der Waals surface area contributed by atoms with E-state index >= 15 is 4.39 Å². The molecule has 0 bridgehead atoms. The number of carbonyl (C=O) groups excluding carboxylic acids is 1. The number of benzene rings is 1. The van der Waals surface area contributed by atoms with Crippen LogP contribution in [-0.4, -0.2) is 35.8 Å². The zero-order chi connectivity index (χ0) is 18.5. The lowest BCUT2D eigenvalue weighted by molar-refractivity contribution is -0.117. The molecule has 10 heteroatoms. The Morgan fingerprint density at radius 3 is 2.56 bits per heavy atom. The first kappa shape index (κ1) is 17.2. The van der Waals surface area contributed by atoms with E-state index in [0.29, 0.717) is 10.00 Å². The van der Waals surface area contributed by atoms with Crippen molar-refractivity contribution in [1.82, 2.24) is 14.5 Å². The van der Waals surface area contributed by atoms with E-state index in [4.69, 9.17) is 0 Å². The minimum absolute atomic E-state index is 0.0323. The van der Waals surface area contributed by atoms with Gasteiger partial charge in [0.25, 0.3) is 5.91 Å². The van der Waals surface area contributed by atoms with Crippen LogP contribution in [0, 0.1) is 5.82 Å². The maximum Gasteiger partial charge on any atom is 0.326 e. The fourth-order valence-electron chi connectivity index (χ4n) is 2.79. The number of nitrogens with one attached hydrogen (secondary N) is 1. The fraction of sp³-hybridized carbons (Fsp3) is 0.333. The topological polar surface area (TPSA) is 105 Å². The Kier molecular flexibility index (Phi) is 3.94. The molecule has 0 aliphatic carbocycles. The quantitative estimate of drug-likeness (QED) is 0.848. The molecule has 1 fully saturated rings. The third kappa shape index (κ3) is 2.82. The number of phenolic OH excluding ortho intramolecular Hbond substituents is 1. The molecule has 134 valence electrons. The molecule has 0 atom stereocenters. The average molecular weight is 368 g/mol. The molecule has 1 aromatic heterocycles. The summed E-state index contributed by atoms with van der Waals surface area (Å²) in [6, 6.07) is 4.19. The van der Waals surface area contributed by atoms with Crippen LogP contribution in [0.25, 0.3) is 11.3 Å². The second-order valence-electron chi connectivity index (χ2n) is 6.06. The van der Waals surface area contributed by atoms with Crippen LogP contribution in [0.5, 0.6) is 5.75 Å². The standard InChI is InChI=1S/C15H17FN4O4S/c1-8(2)11-6-10(17-19(11)3)9-4-5-12(21)15(14(9)16)20-7-13(22)18-25(20,23)24/h4-6,8,21H,7H2,1-3H3,(H,18,22). The predicted molar refractivity (Wildman–Crippen MR) is 88.8 cm³/mol.